The molecule has 0 amide bonds. The Kier molecular flexibility index (Phi) is 5.08. The lowest BCUT2D eigenvalue weighted by Crippen LogP contribution is -2.06. The molecule has 0 radical (unpaired) electrons. The van der Waals surface area contributed by atoms with Gasteiger partial charge in [-0.25, -0.2) is 9.37 Å². The van der Waals surface area contributed by atoms with E-state index in [2.05, 4.69) is 51.8 Å². The summed E-state index contributed by atoms with van der Waals surface area (Å²) in [6.45, 7) is 2.71. The molecule has 0 atom stereocenters. The first-order chi connectivity index (χ1) is 13.6. The molecule has 6 heteroatoms. The topological polar surface area (TPSA) is 49.8 Å². The number of nitrogens with zero attached hydrogens (tertiary/aromatic N) is 2. The average Bonchev–Trinajstić information content (AvgIpc) is 2.70. The van der Waals surface area contributed by atoms with Gasteiger partial charge in [-0.3, -0.25) is 0 Å². The standard InChI is InChI=1S/C22H18ClFN4/c1-14-6-8-15(9-7-14)13-25-21-17-4-2-3-5-20(17)27-22(28-21)26-16-10-11-19(24)18(23)12-16/h2-12H,13H2,1H3,(H2,25,26,27,28). The average molecular weight is 393 g/mol. The van der Waals surface area contributed by atoms with Crippen LogP contribution in [0.2, 0.25) is 5.02 Å². The minimum atomic E-state index is -0.466. The summed E-state index contributed by atoms with van der Waals surface area (Å²) in [5.41, 5.74) is 3.81. The fourth-order valence-corrected chi connectivity index (χ4v) is 3.04. The Morgan fingerprint density at radius 3 is 2.54 bits per heavy atom. The maximum atomic E-state index is 13.4. The molecule has 0 aliphatic heterocycles. The first-order valence-electron chi connectivity index (χ1n) is 8.87. The smallest absolute Gasteiger partial charge is 0.229 e. The number of hydrogen-bond donors (Lipinski definition) is 2. The lowest BCUT2D eigenvalue weighted by Gasteiger charge is -2.12. The summed E-state index contributed by atoms with van der Waals surface area (Å²) in [5.74, 6) is 0.668. The van der Waals surface area contributed by atoms with Gasteiger partial charge in [-0.2, -0.15) is 4.98 Å². The maximum absolute atomic E-state index is 13.4. The molecule has 1 heterocycles. The Balaban J connectivity index is 1.64. The van der Waals surface area contributed by atoms with Gasteiger partial charge in [0, 0.05) is 17.6 Å². The van der Waals surface area contributed by atoms with Gasteiger partial charge in [0.25, 0.3) is 0 Å². The van der Waals surface area contributed by atoms with Crippen LogP contribution in [-0.2, 0) is 6.54 Å². The van der Waals surface area contributed by atoms with Crippen LogP contribution in [0, 0.1) is 12.7 Å². The van der Waals surface area contributed by atoms with Crippen molar-refractivity contribution in [3.63, 3.8) is 0 Å². The van der Waals surface area contributed by atoms with Crippen molar-refractivity contribution in [2.45, 2.75) is 13.5 Å². The van der Waals surface area contributed by atoms with E-state index in [-0.39, 0.29) is 5.02 Å². The summed E-state index contributed by atoms with van der Waals surface area (Å²) in [5, 5.41) is 7.46. The lowest BCUT2D eigenvalue weighted by molar-refractivity contribution is 0.628. The largest absolute Gasteiger partial charge is 0.365 e. The molecule has 4 nitrogen and oxygen atoms in total. The number of benzene rings is 3. The second-order valence-electron chi connectivity index (χ2n) is 6.51. The third-order valence-corrected chi connectivity index (χ3v) is 4.65. The molecule has 0 fully saturated rings. The number of anilines is 3. The summed E-state index contributed by atoms with van der Waals surface area (Å²) in [6.07, 6.45) is 0. The van der Waals surface area contributed by atoms with E-state index in [1.807, 2.05) is 24.3 Å². The van der Waals surface area contributed by atoms with Crippen LogP contribution in [0.4, 0.5) is 21.8 Å². The van der Waals surface area contributed by atoms with Gasteiger partial charge < -0.3 is 10.6 Å². The van der Waals surface area contributed by atoms with E-state index in [1.54, 1.807) is 6.07 Å². The van der Waals surface area contributed by atoms with Crippen molar-refractivity contribution >= 4 is 40.0 Å². The van der Waals surface area contributed by atoms with Crippen molar-refractivity contribution in [2.24, 2.45) is 0 Å². The number of halogens is 2. The highest BCUT2D eigenvalue weighted by Crippen LogP contribution is 2.26. The van der Waals surface area contributed by atoms with Crippen molar-refractivity contribution in [3.05, 3.63) is 88.7 Å². The Morgan fingerprint density at radius 2 is 1.75 bits per heavy atom. The highest BCUT2D eigenvalue weighted by Gasteiger charge is 2.09. The number of para-hydroxylation sites is 1. The fraction of sp³-hybridized carbons (Fsp3) is 0.0909. The number of aryl methyl sites for hydroxylation is 1. The van der Waals surface area contributed by atoms with Crippen LogP contribution < -0.4 is 10.6 Å². The third kappa shape index (κ3) is 4.05. The van der Waals surface area contributed by atoms with Gasteiger partial charge in [0.05, 0.1) is 10.5 Å². The molecular weight excluding hydrogens is 375 g/mol. The monoisotopic (exact) mass is 392 g/mol. The van der Waals surface area contributed by atoms with Gasteiger partial charge in [0.1, 0.15) is 11.6 Å². The van der Waals surface area contributed by atoms with Crippen LogP contribution >= 0.6 is 11.6 Å². The molecule has 140 valence electrons. The van der Waals surface area contributed by atoms with Crippen LogP contribution in [0.3, 0.4) is 0 Å². The fourth-order valence-electron chi connectivity index (χ4n) is 2.86. The Labute approximate surface area is 167 Å². The predicted octanol–water partition coefficient (Wildman–Crippen LogP) is 6.09. The molecule has 4 rings (SSSR count). The molecule has 0 saturated carbocycles. The quantitative estimate of drug-likeness (QED) is 0.431. The molecule has 0 unspecified atom stereocenters. The minimum absolute atomic E-state index is 0.0449. The summed E-state index contributed by atoms with van der Waals surface area (Å²) in [4.78, 5) is 9.16. The zero-order chi connectivity index (χ0) is 19.5. The zero-order valence-corrected chi connectivity index (χ0v) is 16.0. The van der Waals surface area contributed by atoms with Crippen molar-refractivity contribution in [1.29, 1.82) is 0 Å². The minimum Gasteiger partial charge on any atom is -0.365 e. The molecule has 0 aliphatic rings. The van der Waals surface area contributed by atoms with Gasteiger partial charge in [0.15, 0.2) is 0 Å². The molecule has 3 aromatic carbocycles. The van der Waals surface area contributed by atoms with E-state index in [1.165, 1.54) is 17.7 Å². The van der Waals surface area contributed by atoms with Crippen LogP contribution in [0.15, 0.2) is 66.7 Å². The molecule has 1 aromatic heterocycles. The second kappa shape index (κ2) is 7.82. The number of hydrogen-bond acceptors (Lipinski definition) is 4. The second-order valence-corrected chi connectivity index (χ2v) is 6.91. The maximum Gasteiger partial charge on any atom is 0.229 e. The van der Waals surface area contributed by atoms with Gasteiger partial charge in [0.2, 0.25) is 5.95 Å². The zero-order valence-electron chi connectivity index (χ0n) is 15.2. The lowest BCUT2D eigenvalue weighted by atomic mass is 10.1. The highest BCUT2D eigenvalue weighted by atomic mass is 35.5. The van der Waals surface area contributed by atoms with Crippen LogP contribution in [0.1, 0.15) is 11.1 Å². The first kappa shape index (κ1) is 18.2. The first-order valence-corrected chi connectivity index (χ1v) is 9.24. The number of aromatic nitrogens is 2. The van der Waals surface area contributed by atoms with E-state index in [0.717, 1.165) is 22.3 Å². The van der Waals surface area contributed by atoms with Crippen LogP contribution in [0.5, 0.6) is 0 Å². The van der Waals surface area contributed by atoms with Crippen LogP contribution in [0.25, 0.3) is 10.9 Å². The summed E-state index contributed by atoms with van der Waals surface area (Å²) in [6, 6.07) is 20.5. The molecule has 0 bridgehead atoms. The van der Waals surface area contributed by atoms with E-state index in [0.29, 0.717) is 18.2 Å². The third-order valence-electron chi connectivity index (χ3n) is 4.36. The molecule has 0 saturated heterocycles. The SMILES string of the molecule is Cc1ccc(CNc2nc(Nc3ccc(F)c(Cl)c3)nc3ccccc23)cc1. The Hall–Kier alpha value is -3.18. The molecular formula is C22H18ClFN4. The highest BCUT2D eigenvalue weighted by molar-refractivity contribution is 6.31. The molecule has 28 heavy (non-hydrogen) atoms. The normalized spacial score (nSPS) is 10.8. The van der Waals surface area contributed by atoms with Gasteiger partial charge in [-0.15, -0.1) is 0 Å². The van der Waals surface area contributed by atoms with Gasteiger partial charge >= 0.3 is 0 Å². The van der Waals surface area contributed by atoms with Crippen molar-refractivity contribution in [1.82, 2.24) is 9.97 Å². The van der Waals surface area contributed by atoms with Gasteiger partial charge in [-0.1, -0.05) is 53.6 Å². The number of nitrogens with one attached hydrogen (secondary N) is 2. The Bertz CT molecular complexity index is 1130. The van der Waals surface area contributed by atoms with Gasteiger partial charge in [-0.05, 0) is 42.8 Å². The van der Waals surface area contributed by atoms with E-state index >= 15 is 0 Å². The van der Waals surface area contributed by atoms with Crippen molar-refractivity contribution in [3.8, 4) is 0 Å². The Morgan fingerprint density at radius 1 is 0.964 bits per heavy atom. The van der Waals surface area contributed by atoms with Crippen LogP contribution in [-0.4, -0.2) is 9.97 Å². The predicted molar refractivity (Wildman–Crippen MR) is 113 cm³/mol. The summed E-state index contributed by atoms with van der Waals surface area (Å²) < 4.78 is 13.4. The van der Waals surface area contributed by atoms with Crippen molar-refractivity contribution < 1.29 is 4.39 Å². The molecule has 4 aromatic rings. The summed E-state index contributed by atoms with van der Waals surface area (Å²) in [7, 11) is 0. The van der Waals surface area contributed by atoms with Crippen molar-refractivity contribution in [2.75, 3.05) is 10.6 Å². The number of fused-ring (bicyclic) bond motifs is 1. The molecule has 0 aliphatic carbocycles. The number of rotatable bonds is 5. The van der Waals surface area contributed by atoms with E-state index < -0.39 is 5.82 Å². The molecule has 2 N–H and O–H groups in total. The summed E-state index contributed by atoms with van der Waals surface area (Å²) >= 11 is 5.87. The van der Waals surface area contributed by atoms with E-state index in [9.17, 15) is 4.39 Å². The van der Waals surface area contributed by atoms with E-state index in [4.69, 9.17) is 11.6 Å². The molecule has 0 spiro atoms.